The lowest BCUT2D eigenvalue weighted by atomic mass is 10.1. The number of nitrogens with zero attached hydrogens (tertiary/aromatic N) is 2. The summed E-state index contributed by atoms with van der Waals surface area (Å²) in [5.74, 6) is -0.0585. The van der Waals surface area contributed by atoms with Crippen LogP contribution in [0.5, 0.6) is 0 Å². The van der Waals surface area contributed by atoms with Crippen molar-refractivity contribution < 1.29 is 4.79 Å². The topological polar surface area (TPSA) is 90.0 Å². The van der Waals surface area contributed by atoms with E-state index < -0.39 is 11.5 Å². The standard InChI is InChI=1S/C24H20N4O2/c1-16-12-14-18(15-13-16)23(29)26-20-21(25)27-22(17-8-4-2-5-9-17)28(24(20)30)19-10-6-3-7-11-19/h2-15H,25H2,1H3,(H,26,29). The lowest BCUT2D eigenvalue weighted by Crippen LogP contribution is -2.28. The molecule has 6 heteroatoms. The molecule has 0 unspecified atom stereocenters. The van der Waals surface area contributed by atoms with Gasteiger partial charge in [-0.2, -0.15) is 0 Å². The van der Waals surface area contributed by atoms with Gasteiger partial charge in [-0.3, -0.25) is 14.2 Å². The molecule has 0 aliphatic heterocycles. The van der Waals surface area contributed by atoms with Crippen LogP contribution in [0.3, 0.4) is 0 Å². The number of nitrogens with two attached hydrogens (primary N) is 1. The average molecular weight is 396 g/mol. The van der Waals surface area contributed by atoms with Crippen molar-refractivity contribution in [1.29, 1.82) is 0 Å². The number of rotatable bonds is 4. The van der Waals surface area contributed by atoms with E-state index in [1.165, 1.54) is 4.57 Å². The monoisotopic (exact) mass is 396 g/mol. The Morgan fingerprint density at radius 3 is 2.13 bits per heavy atom. The second-order valence-electron chi connectivity index (χ2n) is 6.86. The normalized spacial score (nSPS) is 10.6. The summed E-state index contributed by atoms with van der Waals surface area (Å²) in [5, 5.41) is 2.64. The first-order chi connectivity index (χ1) is 14.5. The van der Waals surface area contributed by atoms with Gasteiger partial charge in [-0.15, -0.1) is 0 Å². The zero-order chi connectivity index (χ0) is 21.1. The molecule has 0 atom stereocenters. The Hall–Kier alpha value is -4.19. The van der Waals surface area contributed by atoms with Crippen LogP contribution in [0, 0.1) is 6.92 Å². The Bertz CT molecular complexity index is 1250. The summed E-state index contributed by atoms with van der Waals surface area (Å²) in [6.07, 6.45) is 0. The number of carbonyl (C=O) groups is 1. The summed E-state index contributed by atoms with van der Waals surface area (Å²) in [6, 6.07) is 25.5. The van der Waals surface area contributed by atoms with Gasteiger partial charge in [0, 0.05) is 11.1 Å². The van der Waals surface area contributed by atoms with Crippen molar-refractivity contribution in [1.82, 2.24) is 9.55 Å². The SMILES string of the molecule is Cc1ccc(C(=O)Nc2c(N)nc(-c3ccccc3)n(-c3ccccc3)c2=O)cc1. The second kappa shape index (κ2) is 8.05. The van der Waals surface area contributed by atoms with E-state index in [4.69, 9.17) is 5.73 Å². The molecule has 0 bridgehead atoms. The van der Waals surface area contributed by atoms with Crippen molar-refractivity contribution in [3.8, 4) is 17.1 Å². The zero-order valence-corrected chi connectivity index (χ0v) is 16.4. The smallest absolute Gasteiger partial charge is 0.284 e. The van der Waals surface area contributed by atoms with Gasteiger partial charge < -0.3 is 11.1 Å². The van der Waals surface area contributed by atoms with Crippen molar-refractivity contribution in [2.24, 2.45) is 0 Å². The highest BCUT2D eigenvalue weighted by molar-refractivity contribution is 6.05. The van der Waals surface area contributed by atoms with E-state index in [1.54, 1.807) is 24.3 Å². The highest BCUT2D eigenvalue weighted by Gasteiger charge is 2.19. The van der Waals surface area contributed by atoms with Crippen LogP contribution in [-0.2, 0) is 0 Å². The number of nitrogen functional groups attached to an aromatic ring is 1. The maximum Gasteiger partial charge on any atom is 0.284 e. The lowest BCUT2D eigenvalue weighted by molar-refractivity contribution is 0.102. The van der Waals surface area contributed by atoms with E-state index in [2.05, 4.69) is 10.3 Å². The summed E-state index contributed by atoms with van der Waals surface area (Å²) >= 11 is 0. The number of hydrogen-bond donors (Lipinski definition) is 2. The second-order valence-corrected chi connectivity index (χ2v) is 6.86. The van der Waals surface area contributed by atoms with Gasteiger partial charge >= 0.3 is 0 Å². The van der Waals surface area contributed by atoms with Gasteiger partial charge in [0.15, 0.2) is 11.5 Å². The molecule has 0 fully saturated rings. The predicted molar refractivity (Wildman–Crippen MR) is 119 cm³/mol. The van der Waals surface area contributed by atoms with Crippen molar-refractivity contribution in [3.63, 3.8) is 0 Å². The first-order valence-corrected chi connectivity index (χ1v) is 9.46. The fourth-order valence-electron chi connectivity index (χ4n) is 3.14. The van der Waals surface area contributed by atoms with Crippen LogP contribution < -0.4 is 16.6 Å². The Morgan fingerprint density at radius 2 is 1.50 bits per heavy atom. The van der Waals surface area contributed by atoms with Crippen LogP contribution in [0.2, 0.25) is 0 Å². The van der Waals surface area contributed by atoms with E-state index >= 15 is 0 Å². The first kappa shape index (κ1) is 19.1. The largest absolute Gasteiger partial charge is 0.382 e. The van der Waals surface area contributed by atoms with Crippen molar-refractivity contribution in [2.45, 2.75) is 6.92 Å². The molecule has 6 nitrogen and oxygen atoms in total. The van der Waals surface area contributed by atoms with Gasteiger partial charge in [-0.1, -0.05) is 66.2 Å². The van der Waals surface area contributed by atoms with Gasteiger partial charge in [0.2, 0.25) is 0 Å². The number of para-hydroxylation sites is 1. The number of aryl methyl sites for hydroxylation is 1. The fourth-order valence-corrected chi connectivity index (χ4v) is 3.14. The Kier molecular flexibility index (Phi) is 5.13. The van der Waals surface area contributed by atoms with E-state index in [9.17, 15) is 9.59 Å². The van der Waals surface area contributed by atoms with Crippen LogP contribution in [0.25, 0.3) is 17.1 Å². The molecule has 1 aromatic heterocycles. The van der Waals surface area contributed by atoms with Gasteiger partial charge in [0.1, 0.15) is 5.82 Å². The summed E-state index contributed by atoms with van der Waals surface area (Å²) in [6.45, 7) is 1.93. The molecule has 0 saturated carbocycles. The van der Waals surface area contributed by atoms with Gasteiger partial charge in [-0.05, 0) is 31.2 Å². The minimum atomic E-state index is -0.451. The molecule has 0 spiro atoms. The fraction of sp³-hybridized carbons (Fsp3) is 0.0417. The molecule has 1 amide bonds. The minimum absolute atomic E-state index is 0.0357. The summed E-state index contributed by atoms with van der Waals surface area (Å²) in [7, 11) is 0. The average Bonchev–Trinajstić information content (AvgIpc) is 2.78. The molecule has 0 radical (unpaired) electrons. The number of amides is 1. The molecule has 0 aliphatic rings. The van der Waals surface area contributed by atoms with E-state index in [0.717, 1.165) is 11.1 Å². The molecular formula is C24H20N4O2. The van der Waals surface area contributed by atoms with Crippen LogP contribution >= 0.6 is 0 Å². The summed E-state index contributed by atoms with van der Waals surface area (Å²) < 4.78 is 1.45. The number of hydrogen-bond acceptors (Lipinski definition) is 4. The van der Waals surface area contributed by atoms with Crippen LogP contribution in [-0.4, -0.2) is 15.5 Å². The number of carbonyl (C=O) groups excluding carboxylic acids is 1. The molecule has 0 aliphatic carbocycles. The lowest BCUT2D eigenvalue weighted by Gasteiger charge is -2.16. The number of anilines is 2. The predicted octanol–water partition coefficient (Wildman–Crippen LogP) is 4.04. The van der Waals surface area contributed by atoms with Crippen LogP contribution in [0.4, 0.5) is 11.5 Å². The van der Waals surface area contributed by atoms with Gasteiger partial charge in [0.25, 0.3) is 11.5 Å². The van der Waals surface area contributed by atoms with Crippen molar-refractivity contribution in [3.05, 3.63) is 106 Å². The summed E-state index contributed by atoms with van der Waals surface area (Å²) in [5.41, 5.74) is 8.44. The van der Waals surface area contributed by atoms with Crippen molar-refractivity contribution >= 4 is 17.4 Å². The zero-order valence-electron chi connectivity index (χ0n) is 16.4. The summed E-state index contributed by atoms with van der Waals surface area (Å²) in [4.78, 5) is 30.6. The third-order valence-corrected chi connectivity index (χ3v) is 4.71. The van der Waals surface area contributed by atoms with Crippen LogP contribution in [0.15, 0.2) is 89.7 Å². The Morgan fingerprint density at radius 1 is 0.900 bits per heavy atom. The molecular weight excluding hydrogens is 376 g/mol. The molecule has 1 heterocycles. The van der Waals surface area contributed by atoms with Crippen molar-refractivity contribution in [2.75, 3.05) is 11.1 Å². The number of benzene rings is 3. The quantitative estimate of drug-likeness (QED) is 0.545. The molecule has 0 saturated heterocycles. The third-order valence-electron chi connectivity index (χ3n) is 4.71. The maximum atomic E-state index is 13.4. The van der Waals surface area contributed by atoms with Crippen LogP contribution in [0.1, 0.15) is 15.9 Å². The Balaban J connectivity index is 1.86. The molecule has 148 valence electrons. The van der Waals surface area contributed by atoms with E-state index in [0.29, 0.717) is 17.1 Å². The third kappa shape index (κ3) is 3.71. The van der Waals surface area contributed by atoms with Gasteiger partial charge in [-0.25, -0.2) is 4.98 Å². The highest BCUT2D eigenvalue weighted by Crippen LogP contribution is 2.23. The van der Waals surface area contributed by atoms with E-state index in [-0.39, 0.29) is 11.5 Å². The molecule has 3 aromatic carbocycles. The Labute approximate surface area is 173 Å². The highest BCUT2D eigenvalue weighted by atomic mass is 16.2. The number of aromatic nitrogens is 2. The molecule has 4 aromatic rings. The first-order valence-electron chi connectivity index (χ1n) is 9.46. The van der Waals surface area contributed by atoms with Gasteiger partial charge in [0.05, 0.1) is 5.69 Å². The molecule has 3 N–H and O–H groups in total. The van der Waals surface area contributed by atoms with E-state index in [1.807, 2.05) is 67.6 Å². The maximum absolute atomic E-state index is 13.4. The molecule has 4 rings (SSSR count). The number of nitrogens with one attached hydrogen (secondary N) is 1. The minimum Gasteiger partial charge on any atom is -0.382 e. The molecule has 30 heavy (non-hydrogen) atoms.